The van der Waals surface area contributed by atoms with E-state index in [2.05, 4.69) is 17.2 Å². The number of carbonyl (C=O) groups excluding carboxylic acids is 1. The van der Waals surface area contributed by atoms with Gasteiger partial charge in [0.25, 0.3) is 5.91 Å². The lowest BCUT2D eigenvalue weighted by Gasteiger charge is -2.07. The summed E-state index contributed by atoms with van der Waals surface area (Å²) < 4.78 is 18.1. The van der Waals surface area contributed by atoms with Gasteiger partial charge >= 0.3 is 0 Å². The van der Waals surface area contributed by atoms with Crippen LogP contribution in [0.3, 0.4) is 0 Å². The predicted octanol–water partition coefficient (Wildman–Crippen LogP) is 1.33. The molecular formula is C15H18FNO3. The summed E-state index contributed by atoms with van der Waals surface area (Å²) in [5.74, 6) is 4.64. The lowest BCUT2D eigenvalue weighted by molar-refractivity contribution is 0.0948. The zero-order chi connectivity index (χ0) is 14.8. The minimum Gasteiger partial charge on any atom is -0.395 e. The van der Waals surface area contributed by atoms with Gasteiger partial charge in [-0.1, -0.05) is 11.8 Å². The highest BCUT2D eigenvalue weighted by atomic mass is 19.1. The molecule has 0 aliphatic rings. The van der Waals surface area contributed by atoms with E-state index in [9.17, 15) is 9.18 Å². The Morgan fingerprint density at radius 2 is 2.30 bits per heavy atom. The maximum absolute atomic E-state index is 13.2. The van der Waals surface area contributed by atoms with E-state index >= 15 is 0 Å². The maximum atomic E-state index is 13.2. The number of aliphatic hydroxyl groups excluding tert-OH is 1. The van der Waals surface area contributed by atoms with Crippen molar-refractivity contribution in [2.24, 2.45) is 0 Å². The minimum atomic E-state index is -0.450. The number of rotatable bonds is 6. The van der Waals surface area contributed by atoms with E-state index in [-0.39, 0.29) is 18.9 Å². The molecule has 1 amide bonds. The molecule has 0 aliphatic carbocycles. The van der Waals surface area contributed by atoms with E-state index in [0.717, 1.165) is 0 Å². The molecule has 4 nitrogen and oxygen atoms in total. The summed E-state index contributed by atoms with van der Waals surface area (Å²) in [6, 6.07) is 3.85. The van der Waals surface area contributed by atoms with Crippen LogP contribution in [-0.4, -0.2) is 37.9 Å². The van der Waals surface area contributed by atoms with Crippen molar-refractivity contribution in [1.82, 2.24) is 5.32 Å². The molecule has 0 aromatic heterocycles. The Labute approximate surface area is 117 Å². The van der Waals surface area contributed by atoms with Crippen molar-refractivity contribution in [3.05, 3.63) is 35.1 Å². The molecule has 0 saturated heterocycles. The molecule has 0 fully saturated rings. The molecule has 0 bridgehead atoms. The van der Waals surface area contributed by atoms with Gasteiger partial charge in [-0.2, -0.15) is 0 Å². The van der Waals surface area contributed by atoms with Gasteiger partial charge in [-0.05, 0) is 24.6 Å². The SMILES string of the molecule is COCCCNC(=O)c1ccc(F)cc1C#CCCO. The molecule has 0 atom stereocenters. The fourth-order valence-electron chi connectivity index (χ4n) is 1.55. The van der Waals surface area contributed by atoms with E-state index in [1.807, 2.05) is 0 Å². The number of hydrogen-bond acceptors (Lipinski definition) is 3. The van der Waals surface area contributed by atoms with Crippen LogP contribution in [-0.2, 0) is 4.74 Å². The Morgan fingerprint density at radius 3 is 3.00 bits per heavy atom. The molecule has 1 aromatic carbocycles. The summed E-state index contributed by atoms with van der Waals surface area (Å²) in [6.07, 6.45) is 0.986. The average Bonchev–Trinajstić information content (AvgIpc) is 2.44. The Hall–Kier alpha value is -1.90. The van der Waals surface area contributed by atoms with Crippen molar-refractivity contribution < 1.29 is 19.0 Å². The number of aliphatic hydroxyl groups is 1. The monoisotopic (exact) mass is 279 g/mol. The van der Waals surface area contributed by atoms with Crippen LogP contribution in [0.1, 0.15) is 28.8 Å². The quantitative estimate of drug-likeness (QED) is 0.610. The predicted molar refractivity (Wildman–Crippen MR) is 73.8 cm³/mol. The third kappa shape index (κ3) is 5.39. The molecular weight excluding hydrogens is 261 g/mol. The van der Waals surface area contributed by atoms with Gasteiger partial charge in [-0.3, -0.25) is 4.79 Å². The van der Waals surface area contributed by atoms with Crippen LogP contribution in [0.2, 0.25) is 0 Å². The van der Waals surface area contributed by atoms with Crippen molar-refractivity contribution in [3.8, 4) is 11.8 Å². The second-order valence-corrected chi connectivity index (χ2v) is 4.07. The molecule has 1 aromatic rings. The number of hydrogen-bond donors (Lipinski definition) is 2. The second-order valence-electron chi connectivity index (χ2n) is 4.07. The van der Waals surface area contributed by atoms with Crippen molar-refractivity contribution in [2.45, 2.75) is 12.8 Å². The fourth-order valence-corrected chi connectivity index (χ4v) is 1.55. The minimum absolute atomic E-state index is 0.0686. The van der Waals surface area contributed by atoms with Crippen LogP contribution in [0.25, 0.3) is 0 Å². The molecule has 2 N–H and O–H groups in total. The number of carbonyl (C=O) groups is 1. The molecule has 1 rings (SSSR count). The molecule has 0 unspecified atom stereocenters. The van der Waals surface area contributed by atoms with Gasteiger partial charge in [-0.15, -0.1) is 0 Å². The lowest BCUT2D eigenvalue weighted by Crippen LogP contribution is -2.26. The third-order valence-electron chi connectivity index (χ3n) is 2.50. The summed E-state index contributed by atoms with van der Waals surface area (Å²) in [5.41, 5.74) is 0.650. The third-order valence-corrected chi connectivity index (χ3v) is 2.50. The highest BCUT2D eigenvalue weighted by Gasteiger charge is 2.10. The first-order valence-corrected chi connectivity index (χ1v) is 6.35. The van der Waals surface area contributed by atoms with Gasteiger partial charge in [0, 0.05) is 32.2 Å². The standard InChI is InChI=1S/C15H18FNO3/c1-20-10-4-8-17-15(19)14-7-6-13(16)11-12(14)5-2-3-9-18/h6-7,11,18H,3-4,8-10H2,1H3,(H,17,19). The molecule has 20 heavy (non-hydrogen) atoms. The number of benzene rings is 1. The van der Waals surface area contributed by atoms with E-state index < -0.39 is 5.82 Å². The Kier molecular flexibility index (Phi) is 7.33. The van der Waals surface area contributed by atoms with Gasteiger partial charge in [0.1, 0.15) is 5.82 Å². The first kappa shape index (κ1) is 16.2. The maximum Gasteiger partial charge on any atom is 0.252 e. The fraction of sp³-hybridized carbons (Fsp3) is 0.400. The first-order chi connectivity index (χ1) is 9.69. The highest BCUT2D eigenvalue weighted by molar-refractivity contribution is 5.96. The molecule has 0 heterocycles. The summed E-state index contributed by atoms with van der Waals surface area (Å²) >= 11 is 0. The summed E-state index contributed by atoms with van der Waals surface area (Å²) in [7, 11) is 1.59. The molecule has 0 radical (unpaired) electrons. The van der Waals surface area contributed by atoms with Gasteiger partial charge in [-0.25, -0.2) is 4.39 Å². The molecule has 0 aliphatic heterocycles. The van der Waals surface area contributed by atoms with Gasteiger partial charge in [0.15, 0.2) is 0 Å². The molecule has 0 saturated carbocycles. The van der Waals surface area contributed by atoms with Crippen molar-refractivity contribution >= 4 is 5.91 Å². The second kappa shape index (κ2) is 9.08. The summed E-state index contributed by atoms with van der Waals surface area (Å²) in [6.45, 7) is 0.973. The number of amides is 1. The van der Waals surface area contributed by atoms with Crippen LogP contribution in [0.15, 0.2) is 18.2 Å². The van der Waals surface area contributed by atoms with E-state index in [4.69, 9.17) is 9.84 Å². The van der Waals surface area contributed by atoms with Gasteiger partial charge < -0.3 is 15.2 Å². The van der Waals surface area contributed by atoms with Gasteiger partial charge in [0.2, 0.25) is 0 Å². The van der Waals surface area contributed by atoms with Crippen LogP contribution < -0.4 is 5.32 Å². The smallest absolute Gasteiger partial charge is 0.252 e. The lowest BCUT2D eigenvalue weighted by atomic mass is 10.1. The largest absolute Gasteiger partial charge is 0.395 e. The van der Waals surface area contributed by atoms with Crippen LogP contribution in [0.5, 0.6) is 0 Å². The Morgan fingerprint density at radius 1 is 1.50 bits per heavy atom. The summed E-state index contributed by atoms with van der Waals surface area (Å²) in [4.78, 5) is 12.0. The van der Waals surface area contributed by atoms with E-state index in [1.165, 1.54) is 18.2 Å². The van der Waals surface area contributed by atoms with Gasteiger partial charge in [0.05, 0.1) is 12.2 Å². The molecule has 108 valence electrons. The zero-order valence-corrected chi connectivity index (χ0v) is 11.4. The highest BCUT2D eigenvalue weighted by Crippen LogP contribution is 2.10. The van der Waals surface area contributed by atoms with Crippen LogP contribution >= 0.6 is 0 Å². The molecule has 5 heteroatoms. The van der Waals surface area contributed by atoms with E-state index in [0.29, 0.717) is 30.7 Å². The first-order valence-electron chi connectivity index (χ1n) is 6.35. The molecule has 0 spiro atoms. The normalized spacial score (nSPS) is 9.75. The Bertz CT molecular complexity index is 506. The average molecular weight is 279 g/mol. The van der Waals surface area contributed by atoms with Crippen molar-refractivity contribution in [2.75, 3.05) is 26.9 Å². The zero-order valence-electron chi connectivity index (χ0n) is 11.4. The number of methoxy groups -OCH3 is 1. The van der Waals surface area contributed by atoms with Crippen LogP contribution in [0.4, 0.5) is 4.39 Å². The Balaban J connectivity index is 2.77. The number of halogens is 1. The number of ether oxygens (including phenoxy) is 1. The van der Waals surface area contributed by atoms with E-state index in [1.54, 1.807) is 7.11 Å². The number of nitrogens with one attached hydrogen (secondary N) is 1. The van der Waals surface area contributed by atoms with Crippen LogP contribution in [0, 0.1) is 17.7 Å². The van der Waals surface area contributed by atoms with Crippen molar-refractivity contribution in [1.29, 1.82) is 0 Å². The van der Waals surface area contributed by atoms with Crippen molar-refractivity contribution in [3.63, 3.8) is 0 Å². The summed E-state index contributed by atoms with van der Waals surface area (Å²) in [5, 5.41) is 11.4. The topological polar surface area (TPSA) is 58.6 Å².